The monoisotopic (exact) mass is 459 g/mol. The SMILES string of the molecule is O=C(C[C@H]1CC[C@]2(CC1)COc1cc(C(F)(F)F)ccc12)N1C(=O)OC[C@H]1c1ccccc1. The van der Waals surface area contributed by atoms with Crippen molar-refractivity contribution in [1.82, 2.24) is 4.90 Å². The van der Waals surface area contributed by atoms with Gasteiger partial charge in [0, 0.05) is 17.4 Å². The summed E-state index contributed by atoms with van der Waals surface area (Å²) in [6.45, 7) is 0.509. The van der Waals surface area contributed by atoms with E-state index in [4.69, 9.17) is 9.47 Å². The van der Waals surface area contributed by atoms with Crippen molar-refractivity contribution in [3.05, 3.63) is 65.2 Å². The van der Waals surface area contributed by atoms with Gasteiger partial charge in [0.25, 0.3) is 0 Å². The summed E-state index contributed by atoms with van der Waals surface area (Å²) in [6, 6.07) is 12.7. The number of rotatable bonds is 3. The van der Waals surface area contributed by atoms with Gasteiger partial charge in [0.15, 0.2) is 0 Å². The smallest absolute Gasteiger partial charge is 0.417 e. The standard InChI is InChI=1S/C25H24F3NO4/c26-25(27,28)18-6-7-19-21(13-18)33-15-24(19)10-8-16(9-11-24)12-22(30)29-20(14-32-23(29)31)17-4-2-1-3-5-17/h1-7,13,16,20H,8-12,14-15H2/t16-,20-,24-/m0/s1. The first-order valence-corrected chi connectivity index (χ1v) is 11.2. The minimum absolute atomic E-state index is 0.103. The molecule has 174 valence electrons. The molecule has 33 heavy (non-hydrogen) atoms. The molecule has 1 aliphatic carbocycles. The number of ether oxygens (including phenoxy) is 2. The molecular weight excluding hydrogens is 435 g/mol. The van der Waals surface area contributed by atoms with Crippen LogP contribution in [0.15, 0.2) is 48.5 Å². The number of halogens is 3. The van der Waals surface area contributed by atoms with Crippen LogP contribution in [-0.2, 0) is 21.1 Å². The van der Waals surface area contributed by atoms with Gasteiger partial charge >= 0.3 is 12.3 Å². The third-order valence-corrected chi connectivity index (χ3v) is 7.24. The van der Waals surface area contributed by atoms with Gasteiger partial charge in [0.05, 0.1) is 12.2 Å². The molecule has 2 aromatic rings. The van der Waals surface area contributed by atoms with Crippen molar-refractivity contribution in [1.29, 1.82) is 0 Å². The lowest BCUT2D eigenvalue weighted by Crippen LogP contribution is -2.38. The zero-order valence-electron chi connectivity index (χ0n) is 17.9. The van der Waals surface area contributed by atoms with Crippen LogP contribution in [0.4, 0.5) is 18.0 Å². The van der Waals surface area contributed by atoms with Crippen LogP contribution in [0.25, 0.3) is 0 Å². The summed E-state index contributed by atoms with van der Waals surface area (Å²) >= 11 is 0. The highest BCUT2D eigenvalue weighted by Crippen LogP contribution is 2.50. The quantitative estimate of drug-likeness (QED) is 0.597. The molecular formula is C25H24F3NO4. The Hall–Kier alpha value is -3.03. The van der Waals surface area contributed by atoms with E-state index >= 15 is 0 Å². The van der Waals surface area contributed by atoms with Gasteiger partial charge in [-0.25, -0.2) is 9.69 Å². The Labute approximate surface area is 189 Å². The Morgan fingerprint density at radius 2 is 1.79 bits per heavy atom. The molecule has 0 radical (unpaired) electrons. The molecule has 0 unspecified atom stereocenters. The fraction of sp³-hybridized carbons (Fsp3) is 0.440. The van der Waals surface area contributed by atoms with E-state index in [0.717, 1.165) is 48.9 Å². The summed E-state index contributed by atoms with van der Waals surface area (Å²) in [7, 11) is 0. The van der Waals surface area contributed by atoms with Gasteiger partial charge in [0.1, 0.15) is 18.4 Å². The largest absolute Gasteiger partial charge is 0.492 e. The highest BCUT2D eigenvalue weighted by molar-refractivity contribution is 5.93. The maximum atomic E-state index is 13.0. The Morgan fingerprint density at radius 3 is 2.48 bits per heavy atom. The van der Waals surface area contributed by atoms with Gasteiger partial charge in [-0.15, -0.1) is 0 Å². The number of cyclic esters (lactones) is 1. The van der Waals surface area contributed by atoms with Gasteiger partial charge in [-0.3, -0.25) is 4.79 Å². The molecule has 2 heterocycles. The van der Waals surface area contributed by atoms with Crippen molar-refractivity contribution in [3.8, 4) is 5.75 Å². The maximum absolute atomic E-state index is 13.0. The predicted molar refractivity (Wildman–Crippen MR) is 113 cm³/mol. The van der Waals surface area contributed by atoms with Crippen molar-refractivity contribution < 1.29 is 32.2 Å². The average molecular weight is 459 g/mol. The fourth-order valence-corrected chi connectivity index (χ4v) is 5.36. The number of carbonyl (C=O) groups is 2. The van der Waals surface area contributed by atoms with Crippen molar-refractivity contribution in [2.75, 3.05) is 13.2 Å². The zero-order valence-corrected chi connectivity index (χ0v) is 17.9. The van der Waals surface area contributed by atoms with Crippen molar-refractivity contribution in [2.24, 2.45) is 5.92 Å². The van der Waals surface area contributed by atoms with Gasteiger partial charge in [-0.05, 0) is 49.3 Å². The summed E-state index contributed by atoms with van der Waals surface area (Å²) in [5.74, 6) is 0.168. The molecule has 2 aliphatic heterocycles. The summed E-state index contributed by atoms with van der Waals surface area (Å²) in [6.07, 6.45) is -1.82. The molecule has 2 fully saturated rings. The summed E-state index contributed by atoms with van der Waals surface area (Å²) in [5.41, 5.74) is 0.672. The lowest BCUT2D eigenvalue weighted by atomic mass is 9.67. The molecule has 1 atom stereocenters. The number of alkyl halides is 3. The Morgan fingerprint density at radius 1 is 1.06 bits per heavy atom. The second-order valence-electron chi connectivity index (χ2n) is 9.19. The number of imide groups is 1. The zero-order chi connectivity index (χ0) is 23.2. The first-order valence-electron chi connectivity index (χ1n) is 11.2. The van der Waals surface area contributed by atoms with E-state index in [1.165, 1.54) is 4.90 Å². The molecule has 0 aromatic heterocycles. The molecule has 2 aromatic carbocycles. The van der Waals surface area contributed by atoms with Gasteiger partial charge in [-0.1, -0.05) is 36.4 Å². The van der Waals surface area contributed by atoms with E-state index in [1.807, 2.05) is 30.3 Å². The predicted octanol–water partition coefficient (Wildman–Crippen LogP) is 5.64. The van der Waals surface area contributed by atoms with Crippen molar-refractivity contribution >= 4 is 12.0 Å². The first-order chi connectivity index (χ1) is 15.8. The highest BCUT2D eigenvalue weighted by Gasteiger charge is 2.46. The molecule has 1 saturated carbocycles. The molecule has 3 aliphatic rings. The van der Waals surface area contributed by atoms with Crippen molar-refractivity contribution in [2.45, 2.75) is 49.7 Å². The molecule has 2 amide bonds. The highest BCUT2D eigenvalue weighted by atomic mass is 19.4. The van der Waals surface area contributed by atoms with Crippen LogP contribution in [0.3, 0.4) is 0 Å². The van der Waals surface area contributed by atoms with E-state index in [9.17, 15) is 22.8 Å². The molecule has 8 heteroatoms. The minimum atomic E-state index is -4.40. The van der Waals surface area contributed by atoms with E-state index in [-0.39, 0.29) is 30.3 Å². The number of nitrogens with zero attached hydrogens (tertiary/aromatic N) is 1. The Balaban J connectivity index is 1.25. The third-order valence-electron chi connectivity index (χ3n) is 7.24. The van der Waals surface area contributed by atoms with Crippen LogP contribution < -0.4 is 4.74 Å². The van der Waals surface area contributed by atoms with E-state index in [2.05, 4.69) is 0 Å². The number of benzene rings is 2. The number of carbonyl (C=O) groups excluding carboxylic acids is 2. The summed E-state index contributed by atoms with van der Waals surface area (Å²) < 4.78 is 49.9. The molecule has 0 N–H and O–H groups in total. The van der Waals surface area contributed by atoms with Gasteiger partial charge in [-0.2, -0.15) is 13.2 Å². The summed E-state index contributed by atoms with van der Waals surface area (Å²) in [4.78, 5) is 26.5. The van der Waals surface area contributed by atoms with Crippen LogP contribution in [0.2, 0.25) is 0 Å². The molecule has 0 bridgehead atoms. The van der Waals surface area contributed by atoms with Crippen molar-refractivity contribution in [3.63, 3.8) is 0 Å². The molecule has 1 spiro atoms. The minimum Gasteiger partial charge on any atom is -0.492 e. The number of amides is 2. The normalized spacial score (nSPS) is 26.8. The first kappa shape index (κ1) is 21.8. The van der Waals surface area contributed by atoms with Crippen LogP contribution in [0, 0.1) is 5.92 Å². The molecule has 1 saturated heterocycles. The lowest BCUT2D eigenvalue weighted by Gasteiger charge is -2.36. The van der Waals surface area contributed by atoms with Gasteiger partial charge < -0.3 is 9.47 Å². The molecule has 5 nitrogen and oxygen atoms in total. The van der Waals surface area contributed by atoms with Gasteiger partial charge in [0.2, 0.25) is 5.91 Å². The third kappa shape index (κ3) is 3.96. The van der Waals surface area contributed by atoms with E-state index < -0.39 is 23.9 Å². The Bertz CT molecular complexity index is 1060. The lowest BCUT2D eigenvalue weighted by molar-refractivity contribution is -0.137. The number of hydrogen-bond donors (Lipinski definition) is 0. The number of fused-ring (bicyclic) bond motifs is 2. The number of hydrogen-bond acceptors (Lipinski definition) is 4. The van der Waals surface area contributed by atoms with Crippen LogP contribution in [-0.4, -0.2) is 30.1 Å². The van der Waals surface area contributed by atoms with Crippen LogP contribution in [0.5, 0.6) is 5.75 Å². The van der Waals surface area contributed by atoms with E-state index in [1.54, 1.807) is 6.07 Å². The topological polar surface area (TPSA) is 55.8 Å². The summed E-state index contributed by atoms with van der Waals surface area (Å²) in [5, 5.41) is 0. The molecule has 5 rings (SSSR count). The second-order valence-corrected chi connectivity index (χ2v) is 9.19. The second kappa shape index (κ2) is 8.08. The maximum Gasteiger partial charge on any atom is 0.417 e. The average Bonchev–Trinajstić information content (AvgIpc) is 3.36. The van der Waals surface area contributed by atoms with E-state index in [0.29, 0.717) is 12.4 Å². The Kier molecular flexibility index (Phi) is 5.34. The van der Waals surface area contributed by atoms with Crippen LogP contribution >= 0.6 is 0 Å². The fourth-order valence-electron chi connectivity index (χ4n) is 5.36. The van der Waals surface area contributed by atoms with Crippen LogP contribution in [0.1, 0.15) is 54.8 Å².